The van der Waals surface area contributed by atoms with E-state index in [1.54, 1.807) is 0 Å². The second kappa shape index (κ2) is 9.30. The second-order valence-electron chi connectivity index (χ2n) is 6.08. The van der Waals surface area contributed by atoms with E-state index in [-0.39, 0.29) is 0 Å². The van der Waals surface area contributed by atoms with E-state index in [9.17, 15) is 0 Å². The highest BCUT2D eigenvalue weighted by atomic mass is 32.2. The molecule has 0 radical (unpaired) electrons. The standard InChI is InChI=1S/C18H27N3OS/c1-3-7-17(8-4-1)19-18(21-11-14-22-15-12-21)23-16-13-20-9-5-2-6-10-20/h1,3-4,7-8H,2,5-6,9-16H2. The maximum atomic E-state index is 5.49. The number of aliphatic imine (C=N–C) groups is 1. The summed E-state index contributed by atoms with van der Waals surface area (Å²) in [6, 6.07) is 10.3. The van der Waals surface area contributed by atoms with Gasteiger partial charge in [-0.3, -0.25) is 0 Å². The molecule has 0 saturated carbocycles. The molecule has 2 heterocycles. The van der Waals surface area contributed by atoms with Crippen LogP contribution >= 0.6 is 11.8 Å². The molecular formula is C18H27N3OS. The van der Waals surface area contributed by atoms with Crippen LogP contribution in [0, 0.1) is 0 Å². The molecule has 0 bridgehead atoms. The Labute approximate surface area is 143 Å². The molecule has 2 aliphatic heterocycles. The minimum Gasteiger partial charge on any atom is -0.378 e. The molecule has 0 unspecified atom stereocenters. The van der Waals surface area contributed by atoms with Crippen molar-refractivity contribution in [2.75, 3.05) is 51.7 Å². The Balaban J connectivity index is 1.59. The van der Waals surface area contributed by atoms with Crippen LogP contribution in [-0.4, -0.2) is 66.7 Å². The lowest BCUT2D eigenvalue weighted by Gasteiger charge is -2.30. The summed E-state index contributed by atoms with van der Waals surface area (Å²) < 4.78 is 5.49. The van der Waals surface area contributed by atoms with Crippen LogP contribution in [0.15, 0.2) is 35.3 Å². The van der Waals surface area contributed by atoms with E-state index in [1.807, 2.05) is 30.0 Å². The zero-order chi connectivity index (χ0) is 15.7. The van der Waals surface area contributed by atoms with E-state index in [0.717, 1.165) is 42.9 Å². The third-order valence-corrected chi connectivity index (χ3v) is 5.34. The summed E-state index contributed by atoms with van der Waals surface area (Å²) in [5.41, 5.74) is 1.04. The number of benzene rings is 1. The largest absolute Gasteiger partial charge is 0.378 e. The Morgan fingerprint density at radius 1 is 1.00 bits per heavy atom. The number of para-hydroxylation sites is 1. The van der Waals surface area contributed by atoms with Gasteiger partial charge in [0, 0.05) is 25.4 Å². The Kier molecular flexibility index (Phi) is 6.80. The first-order chi connectivity index (χ1) is 11.4. The molecule has 23 heavy (non-hydrogen) atoms. The minimum absolute atomic E-state index is 0.806. The zero-order valence-electron chi connectivity index (χ0n) is 13.8. The van der Waals surface area contributed by atoms with E-state index in [1.165, 1.54) is 38.9 Å². The van der Waals surface area contributed by atoms with Gasteiger partial charge in [-0.25, -0.2) is 4.99 Å². The minimum atomic E-state index is 0.806. The van der Waals surface area contributed by atoms with Gasteiger partial charge < -0.3 is 14.5 Å². The molecular weight excluding hydrogens is 306 g/mol. The number of hydrogen-bond donors (Lipinski definition) is 0. The normalized spacial score (nSPS) is 20.7. The number of thioether (sulfide) groups is 1. The topological polar surface area (TPSA) is 28.1 Å². The van der Waals surface area contributed by atoms with Crippen molar-refractivity contribution in [1.29, 1.82) is 0 Å². The van der Waals surface area contributed by atoms with Crippen molar-refractivity contribution in [2.24, 2.45) is 4.99 Å². The lowest BCUT2D eigenvalue weighted by Crippen LogP contribution is -2.40. The molecule has 5 heteroatoms. The highest BCUT2D eigenvalue weighted by molar-refractivity contribution is 8.13. The van der Waals surface area contributed by atoms with Gasteiger partial charge in [-0.15, -0.1) is 0 Å². The number of hydrogen-bond acceptors (Lipinski definition) is 4. The van der Waals surface area contributed by atoms with Gasteiger partial charge in [-0.1, -0.05) is 36.4 Å². The van der Waals surface area contributed by atoms with Crippen LogP contribution in [0.5, 0.6) is 0 Å². The Bertz CT molecular complexity index is 482. The quantitative estimate of drug-likeness (QED) is 0.625. The fraction of sp³-hybridized carbons (Fsp3) is 0.611. The molecule has 2 saturated heterocycles. The van der Waals surface area contributed by atoms with Crippen molar-refractivity contribution in [3.8, 4) is 0 Å². The molecule has 3 rings (SSSR count). The third kappa shape index (κ3) is 5.52. The molecule has 0 aliphatic carbocycles. The average molecular weight is 334 g/mol. The van der Waals surface area contributed by atoms with E-state index in [4.69, 9.17) is 9.73 Å². The second-order valence-corrected chi connectivity index (χ2v) is 7.14. The first-order valence-corrected chi connectivity index (χ1v) is 9.72. The molecule has 0 atom stereocenters. The molecule has 0 N–H and O–H groups in total. The van der Waals surface area contributed by atoms with E-state index in [0.29, 0.717) is 0 Å². The van der Waals surface area contributed by atoms with Gasteiger partial charge in [0.05, 0.1) is 18.9 Å². The van der Waals surface area contributed by atoms with E-state index >= 15 is 0 Å². The monoisotopic (exact) mass is 333 g/mol. The molecule has 1 aromatic rings. The van der Waals surface area contributed by atoms with Crippen LogP contribution in [0.3, 0.4) is 0 Å². The van der Waals surface area contributed by atoms with Crippen molar-refractivity contribution in [1.82, 2.24) is 9.80 Å². The predicted molar refractivity (Wildman–Crippen MR) is 98.7 cm³/mol. The summed E-state index contributed by atoms with van der Waals surface area (Å²) in [5, 5.41) is 1.15. The van der Waals surface area contributed by atoms with Crippen LogP contribution < -0.4 is 0 Å². The maximum Gasteiger partial charge on any atom is 0.164 e. The van der Waals surface area contributed by atoms with Crippen LogP contribution in [0.25, 0.3) is 0 Å². The molecule has 4 nitrogen and oxygen atoms in total. The highest BCUT2D eigenvalue weighted by Crippen LogP contribution is 2.19. The first-order valence-electron chi connectivity index (χ1n) is 8.73. The average Bonchev–Trinajstić information content (AvgIpc) is 2.63. The number of likely N-dealkylation sites (tertiary alicyclic amines) is 1. The predicted octanol–water partition coefficient (Wildman–Crippen LogP) is 3.23. The van der Waals surface area contributed by atoms with E-state index in [2.05, 4.69) is 21.9 Å². The highest BCUT2D eigenvalue weighted by Gasteiger charge is 2.17. The van der Waals surface area contributed by atoms with Crippen molar-refractivity contribution in [2.45, 2.75) is 19.3 Å². The molecule has 126 valence electrons. The van der Waals surface area contributed by atoms with Crippen LogP contribution in [0.2, 0.25) is 0 Å². The van der Waals surface area contributed by atoms with Crippen molar-refractivity contribution >= 4 is 22.6 Å². The number of piperidine rings is 1. The van der Waals surface area contributed by atoms with Gasteiger partial charge in [-0.05, 0) is 38.1 Å². The van der Waals surface area contributed by atoms with Crippen molar-refractivity contribution in [3.05, 3.63) is 30.3 Å². The van der Waals surface area contributed by atoms with Crippen molar-refractivity contribution in [3.63, 3.8) is 0 Å². The fourth-order valence-electron chi connectivity index (χ4n) is 3.01. The van der Waals surface area contributed by atoms with Crippen molar-refractivity contribution < 1.29 is 4.74 Å². The number of ether oxygens (including phenoxy) is 1. The molecule has 0 aromatic heterocycles. The molecule has 2 fully saturated rings. The number of morpholine rings is 1. The maximum absolute atomic E-state index is 5.49. The summed E-state index contributed by atoms with van der Waals surface area (Å²) in [6.45, 7) is 7.21. The SMILES string of the molecule is c1ccc(N=C(SCCN2CCCCC2)N2CCOCC2)cc1. The van der Waals surface area contributed by atoms with Gasteiger partial charge >= 0.3 is 0 Å². The summed E-state index contributed by atoms with van der Waals surface area (Å²) in [5.74, 6) is 1.11. The third-order valence-electron chi connectivity index (χ3n) is 4.35. The van der Waals surface area contributed by atoms with Crippen LogP contribution in [-0.2, 0) is 4.74 Å². The van der Waals surface area contributed by atoms with Gasteiger partial charge in [0.25, 0.3) is 0 Å². The first kappa shape index (κ1) is 16.8. The molecule has 1 aromatic carbocycles. The van der Waals surface area contributed by atoms with Gasteiger partial charge in [-0.2, -0.15) is 0 Å². The smallest absolute Gasteiger partial charge is 0.164 e. The lowest BCUT2D eigenvalue weighted by molar-refractivity contribution is 0.0693. The number of amidine groups is 1. The molecule has 0 amide bonds. The zero-order valence-corrected chi connectivity index (χ0v) is 14.6. The van der Waals surface area contributed by atoms with Crippen LogP contribution in [0.4, 0.5) is 5.69 Å². The Morgan fingerprint density at radius 3 is 2.48 bits per heavy atom. The fourth-order valence-corrected chi connectivity index (χ4v) is 4.08. The molecule has 0 spiro atoms. The lowest BCUT2D eigenvalue weighted by atomic mass is 10.1. The van der Waals surface area contributed by atoms with Gasteiger partial charge in [0.15, 0.2) is 5.17 Å². The Hall–Kier alpha value is -1.04. The van der Waals surface area contributed by atoms with E-state index < -0.39 is 0 Å². The Morgan fingerprint density at radius 2 is 1.74 bits per heavy atom. The molecule has 2 aliphatic rings. The van der Waals surface area contributed by atoms with Crippen LogP contribution in [0.1, 0.15) is 19.3 Å². The van der Waals surface area contributed by atoms with Gasteiger partial charge in [0.2, 0.25) is 0 Å². The summed E-state index contributed by atoms with van der Waals surface area (Å²) in [4.78, 5) is 9.86. The summed E-state index contributed by atoms with van der Waals surface area (Å²) in [6.07, 6.45) is 4.12. The number of rotatable bonds is 4. The summed E-state index contributed by atoms with van der Waals surface area (Å²) in [7, 11) is 0. The van der Waals surface area contributed by atoms with Gasteiger partial charge in [0.1, 0.15) is 0 Å². The summed E-state index contributed by atoms with van der Waals surface area (Å²) >= 11 is 1.90. The number of nitrogens with zero attached hydrogens (tertiary/aromatic N) is 3.